The van der Waals surface area contributed by atoms with Crippen LogP contribution in [0.3, 0.4) is 0 Å². The Morgan fingerprint density at radius 2 is 1.26 bits per heavy atom. The number of fused-ring (bicyclic) bond motifs is 1. The summed E-state index contributed by atoms with van der Waals surface area (Å²) in [5.74, 6) is -2.02. The molecule has 188 valence electrons. The number of anilines is 2. The average Bonchev–Trinajstić information content (AvgIpc) is 2.90. The number of carbonyl (C=O) groups is 2. The number of benzene rings is 4. The molecule has 0 bridgehead atoms. The van der Waals surface area contributed by atoms with Gasteiger partial charge in [0.15, 0.2) is 16.8 Å². The molecule has 0 amide bonds. The van der Waals surface area contributed by atoms with Gasteiger partial charge in [-0.3, -0.25) is 4.79 Å². The maximum absolute atomic E-state index is 13.4. The summed E-state index contributed by atoms with van der Waals surface area (Å²) in [5, 5.41) is -0.00132. The second kappa shape index (κ2) is 9.90. The SMILES string of the molecule is Nc1ccc(C(=O)Oc2cc(OC(=O)c3ccc(N)cc3)c3oc(-c4ccc(F)cc4)cc(=O)c3c2)cc1. The Hall–Kier alpha value is -5.44. The van der Waals surface area contributed by atoms with Gasteiger partial charge in [0, 0.05) is 29.1 Å². The van der Waals surface area contributed by atoms with E-state index in [1.54, 1.807) is 12.1 Å². The molecule has 0 atom stereocenters. The van der Waals surface area contributed by atoms with E-state index in [9.17, 15) is 18.8 Å². The molecule has 0 spiro atoms. The topological polar surface area (TPSA) is 135 Å². The normalized spacial score (nSPS) is 10.8. The fourth-order valence-corrected chi connectivity index (χ4v) is 3.66. The van der Waals surface area contributed by atoms with Gasteiger partial charge < -0.3 is 25.4 Å². The monoisotopic (exact) mass is 510 g/mol. The number of nitrogen functional groups attached to an aromatic ring is 2. The van der Waals surface area contributed by atoms with Gasteiger partial charge in [-0.15, -0.1) is 0 Å². The lowest BCUT2D eigenvalue weighted by Gasteiger charge is -2.12. The second-order valence-corrected chi connectivity index (χ2v) is 8.30. The fourth-order valence-electron chi connectivity index (χ4n) is 3.66. The van der Waals surface area contributed by atoms with Crippen LogP contribution in [-0.2, 0) is 0 Å². The van der Waals surface area contributed by atoms with Crippen molar-refractivity contribution >= 4 is 34.3 Å². The van der Waals surface area contributed by atoms with Gasteiger partial charge in [-0.25, -0.2) is 14.0 Å². The summed E-state index contributed by atoms with van der Waals surface area (Å²) in [6, 6.07) is 21.2. The van der Waals surface area contributed by atoms with E-state index in [0.29, 0.717) is 16.9 Å². The summed E-state index contributed by atoms with van der Waals surface area (Å²) in [6.45, 7) is 0. The van der Waals surface area contributed by atoms with Crippen LogP contribution in [0.5, 0.6) is 11.5 Å². The van der Waals surface area contributed by atoms with Gasteiger partial charge in [0.05, 0.1) is 16.5 Å². The third kappa shape index (κ3) is 5.07. The molecular weight excluding hydrogens is 491 g/mol. The van der Waals surface area contributed by atoms with Gasteiger partial charge in [-0.05, 0) is 78.9 Å². The predicted octanol–water partition coefficient (Wildman–Crippen LogP) is 5.20. The first-order valence-corrected chi connectivity index (χ1v) is 11.3. The number of esters is 2. The van der Waals surface area contributed by atoms with Crippen molar-refractivity contribution in [2.45, 2.75) is 0 Å². The van der Waals surface area contributed by atoms with E-state index in [1.807, 2.05) is 0 Å². The molecular formula is C29H19FN2O6. The fraction of sp³-hybridized carbons (Fsp3) is 0. The van der Waals surface area contributed by atoms with Gasteiger partial charge >= 0.3 is 11.9 Å². The van der Waals surface area contributed by atoms with Gasteiger partial charge in [0.2, 0.25) is 0 Å². The summed E-state index contributed by atoms with van der Waals surface area (Å²) in [7, 11) is 0. The molecule has 0 saturated carbocycles. The molecule has 0 saturated heterocycles. The molecule has 0 aliphatic carbocycles. The lowest BCUT2D eigenvalue weighted by atomic mass is 10.1. The predicted molar refractivity (Wildman–Crippen MR) is 140 cm³/mol. The number of halogens is 1. The third-order valence-corrected chi connectivity index (χ3v) is 5.60. The minimum Gasteiger partial charge on any atom is -0.452 e. The highest BCUT2D eigenvalue weighted by atomic mass is 19.1. The summed E-state index contributed by atoms with van der Waals surface area (Å²) < 4.78 is 30.4. The van der Waals surface area contributed by atoms with Crippen molar-refractivity contribution in [3.05, 3.63) is 118 Å². The molecule has 8 nitrogen and oxygen atoms in total. The maximum Gasteiger partial charge on any atom is 0.343 e. The highest BCUT2D eigenvalue weighted by molar-refractivity contribution is 5.96. The van der Waals surface area contributed by atoms with Crippen molar-refractivity contribution in [3.63, 3.8) is 0 Å². The van der Waals surface area contributed by atoms with E-state index in [-0.39, 0.29) is 39.4 Å². The molecule has 5 aromatic rings. The van der Waals surface area contributed by atoms with Crippen LogP contribution in [0.25, 0.3) is 22.3 Å². The first-order valence-electron chi connectivity index (χ1n) is 11.3. The number of rotatable bonds is 5. The summed E-state index contributed by atoms with van der Waals surface area (Å²) in [5.41, 5.74) is 12.6. The number of hydrogen-bond donors (Lipinski definition) is 2. The van der Waals surface area contributed by atoms with Crippen molar-refractivity contribution in [2.24, 2.45) is 0 Å². The Labute approximate surface area is 214 Å². The maximum atomic E-state index is 13.4. The first kappa shape index (κ1) is 24.3. The van der Waals surface area contributed by atoms with Crippen LogP contribution < -0.4 is 26.4 Å². The lowest BCUT2D eigenvalue weighted by Crippen LogP contribution is -2.12. The second-order valence-electron chi connectivity index (χ2n) is 8.30. The minimum absolute atomic E-state index is 0.00132. The summed E-state index contributed by atoms with van der Waals surface area (Å²) in [6.07, 6.45) is 0. The van der Waals surface area contributed by atoms with E-state index < -0.39 is 23.2 Å². The molecule has 1 aromatic heterocycles. The highest BCUT2D eigenvalue weighted by Gasteiger charge is 2.19. The summed E-state index contributed by atoms with van der Waals surface area (Å²) >= 11 is 0. The quantitative estimate of drug-likeness (QED) is 0.187. The van der Waals surface area contributed by atoms with Crippen LogP contribution in [0.15, 0.2) is 100 Å². The van der Waals surface area contributed by atoms with Crippen LogP contribution in [0.2, 0.25) is 0 Å². The molecule has 38 heavy (non-hydrogen) atoms. The molecule has 0 aliphatic heterocycles. The molecule has 0 unspecified atom stereocenters. The molecule has 4 N–H and O–H groups in total. The van der Waals surface area contributed by atoms with Crippen molar-refractivity contribution in [1.29, 1.82) is 0 Å². The lowest BCUT2D eigenvalue weighted by molar-refractivity contribution is 0.0733. The Kier molecular flexibility index (Phi) is 6.32. The Morgan fingerprint density at radius 3 is 1.84 bits per heavy atom. The first-order chi connectivity index (χ1) is 18.3. The number of nitrogens with two attached hydrogens (primary N) is 2. The van der Waals surface area contributed by atoms with Crippen molar-refractivity contribution in [2.75, 3.05) is 11.5 Å². The van der Waals surface area contributed by atoms with Crippen molar-refractivity contribution in [1.82, 2.24) is 0 Å². The zero-order valence-electron chi connectivity index (χ0n) is 19.6. The Balaban J connectivity index is 1.60. The van der Waals surface area contributed by atoms with Crippen LogP contribution in [-0.4, -0.2) is 11.9 Å². The van der Waals surface area contributed by atoms with E-state index in [1.165, 1.54) is 78.9 Å². The number of carbonyl (C=O) groups excluding carboxylic acids is 2. The highest BCUT2D eigenvalue weighted by Crippen LogP contribution is 2.34. The average molecular weight is 510 g/mol. The molecule has 5 rings (SSSR count). The number of hydrogen-bond acceptors (Lipinski definition) is 8. The van der Waals surface area contributed by atoms with E-state index in [4.69, 9.17) is 25.4 Å². The Bertz CT molecular complexity index is 1730. The van der Waals surface area contributed by atoms with Crippen LogP contribution in [0.1, 0.15) is 20.7 Å². The largest absolute Gasteiger partial charge is 0.452 e. The van der Waals surface area contributed by atoms with Crippen LogP contribution in [0, 0.1) is 5.82 Å². The molecule has 4 aromatic carbocycles. The van der Waals surface area contributed by atoms with Gasteiger partial charge in [-0.2, -0.15) is 0 Å². The molecule has 0 fully saturated rings. The summed E-state index contributed by atoms with van der Waals surface area (Å²) in [4.78, 5) is 38.7. The standard InChI is InChI=1S/C29H19FN2O6/c30-19-7-1-16(2-8-19)25-15-24(33)23-13-22(36-28(34)17-3-9-20(31)10-4-17)14-26(27(23)37-25)38-29(35)18-5-11-21(32)12-6-18/h1-15H,31-32H2. The number of ether oxygens (including phenoxy) is 2. The van der Waals surface area contributed by atoms with Gasteiger partial charge in [-0.1, -0.05) is 0 Å². The smallest absolute Gasteiger partial charge is 0.343 e. The van der Waals surface area contributed by atoms with Gasteiger partial charge in [0.25, 0.3) is 0 Å². The van der Waals surface area contributed by atoms with E-state index >= 15 is 0 Å². The van der Waals surface area contributed by atoms with Crippen LogP contribution in [0.4, 0.5) is 15.8 Å². The van der Waals surface area contributed by atoms with Crippen LogP contribution >= 0.6 is 0 Å². The molecule has 0 aliphatic rings. The van der Waals surface area contributed by atoms with Crippen molar-refractivity contribution in [3.8, 4) is 22.8 Å². The zero-order chi connectivity index (χ0) is 26.8. The third-order valence-electron chi connectivity index (χ3n) is 5.60. The van der Waals surface area contributed by atoms with Crippen molar-refractivity contribution < 1.29 is 27.9 Å². The minimum atomic E-state index is -0.761. The molecule has 0 radical (unpaired) electrons. The van der Waals surface area contributed by atoms with E-state index in [0.717, 1.165) is 0 Å². The molecule has 1 heterocycles. The zero-order valence-corrected chi connectivity index (χ0v) is 19.6. The van der Waals surface area contributed by atoms with Gasteiger partial charge in [0.1, 0.15) is 17.3 Å². The van der Waals surface area contributed by atoms with E-state index in [2.05, 4.69) is 0 Å². The Morgan fingerprint density at radius 1 is 0.711 bits per heavy atom. The molecule has 9 heteroatoms.